The summed E-state index contributed by atoms with van der Waals surface area (Å²) in [6.07, 6.45) is -0.315. The second kappa shape index (κ2) is 3.84. The van der Waals surface area contributed by atoms with Crippen LogP contribution in [-0.4, -0.2) is 58.9 Å². The van der Waals surface area contributed by atoms with Crippen molar-refractivity contribution >= 4 is 5.91 Å². The van der Waals surface area contributed by atoms with Gasteiger partial charge < -0.3 is 20.4 Å². The Balaban J connectivity index is 1.97. The highest BCUT2D eigenvalue weighted by molar-refractivity contribution is 5.79. The fourth-order valence-corrected chi connectivity index (χ4v) is 2.23. The van der Waals surface area contributed by atoms with E-state index in [0.29, 0.717) is 25.9 Å². The Kier molecular flexibility index (Phi) is 2.71. The quantitative estimate of drug-likeness (QED) is 0.472. The fourth-order valence-electron chi connectivity index (χ4n) is 2.23. The van der Waals surface area contributed by atoms with E-state index in [9.17, 15) is 15.0 Å². The third kappa shape index (κ3) is 1.75. The molecule has 0 aromatic heterocycles. The summed E-state index contributed by atoms with van der Waals surface area (Å²) in [6, 6.07) is 0.0228. The van der Waals surface area contributed by atoms with Crippen LogP contribution in [-0.2, 0) is 4.79 Å². The molecule has 5 nitrogen and oxygen atoms in total. The molecule has 0 radical (unpaired) electrons. The minimum absolute atomic E-state index is 0.0228. The molecule has 0 spiro atoms. The highest BCUT2D eigenvalue weighted by atomic mass is 16.3. The molecular formula is C9H16N2O3. The smallest absolute Gasteiger partial charge is 0.236 e. The minimum atomic E-state index is -0.664. The van der Waals surface area contributed by atoms with Crippen LogP contribution in [0.1, 0.15) is 12.8 Å². The summed E-state index contributed by atoms with van der Waals surface area (Å²) < 4.78 is 0. The first-order valence-corrected chi connectivity index (χ1v) is 5.05. The number of carbonyl (C=O) groups is 1. The van der Waals surface area contributed by atoms with Crippen molar-refractivity contribution in [3.05, 3.63) is 0 Å². The van der Waals surface area contributed by atoms with Gasteiger partial charge >= 0.3 is 0 Å². The third-order valence-electron chi connectivity index (χ3n) is 3.04. The number of nitrogens with one attached hydrogen (secondary N) is 1. The Morgan fingerprint density at radius 2 is 1.93 bits per heavy atom. The van der Waals surface area contributed by atoms with Crippen molar-refractivity contribution in [1.82, 2.24) is 10.2 Å². The number of aliphatic hydroxyl groups is 2. The summed E-state index contributed by atoms with van der Waals surface area (Å²) in [6.45, 7) is 1.86. The van der Waals surface area contributed by atoms with Crippen molar-refractivity contribution in [2.24, 2.45) is 0 Å². The van der Waals surface area contributed by atoms with Crippen LogP contribution in [0.15, 0.2) is 0 Å². The summed E-state index contributed by atoms with van der Waals surface area (Å²) in [5, 5.41) is 21.8. The number of hydrogen-bond acceptors (Lipinski definition) is 4. The molecule has 1 aliphatic carbocycles. The number of carbonyl (C=O) groups excluding carboxylic acids is 1. The van der Waals surface area contributed by atoms with Crippen LogP contribution in [0, 0.1) is 0 Å². The van der Waals surface area contributed by atoms with Crippen LogP contribution in [0.2, 0.25) is 0 Å². The summed E-state index contributed by atoms with van der Waals surface area (Å²) in [7, 11) is 0. The van der Waals surface area contributed by atoms with E-state index in [4.69, 9.17) is 0 Å². The van der Waals surface area contributed by atoms with Crippen molar-refractivity contribution in [3.63, 3.8) is 0 Å². The van der Waals surface area contributed by atoms with Crippen LogP contribution < -0.4 is 5.32 Å². The second-order valence-electron chi connectivity index (χ2n) is 4.02. The van der Waals surface area contributed by atoms with Gasteiger partial charge in [-0.1, -0.05) is 0 Å². The lowest BCUT2D eigenvalue weighted by molar-refractivity contribution is -0.134. The molecule has 80 valence electrons. The van der Waals surface area contributed by atoms with Crippen LogP contribution >= 0.6 is 0 Å². The molecule has 14 heavy (non-hydrogen) atoms. The Hall–Kier alpha value is -0.650. The molecule has 0 aromatic carbocycles. The number of hydrogen-bond donors (Lipinski definition) is 3. The molecule has 0 bridgehead atoms. The van der Waals surface area contributed by atoms with E-state index < -0.39 is 12.2 Å². The summed E-state index contributed by atoms with van der Waals surface area (Å²) in [5.74, 6) is 0.0718. The van der Waals surface area contributed by atoms with E-state index in [0.717, 1.165) is 6.54 Å². The average Bonchev–Trinajstić information content (AvgIpc) is 2.48. The van der Waals surface area contributed by atoms with Gasteiger partial charge in [-0.05, 0) is 12.8 Å². The van der Waals surface area contributed by atoms with Gasteiger partial charge in [-0.15, -0.1) is 0 Å². The highest BCUT2D eigenvalue weighted by Crippen LogP contribution is 2.25. The normalized spacial score (nSPS) is 39.1. The van der Waals surface area contributed by atoms with Crippen molar-refractivity contribution < 1.29 is 15.0 Å². The first kappa shape index (κ1) is 9.89. The number of amides is 1. The molecule has 2 unspecified atom stereocenters. The molecule has 2 rings (SSSR count). The monoisotopic (exact) mass is 200 g/mol. The molecule has 0 aromatic rings. The molecule has 1 saturated carbocycles. The van der Waals surface area contributed by atoms with Gasteiger partial charge in [0.1, 0.15) is 0 Å². The van der Waals surface area contributed by atoms with Gasteiger partial charge in [0.15, 0.2) is 0 Å². The molecule has 2 atom stereocenters. The van der Waals surface area contributed by atoms with Crippen LogP contribution in [0.25, 0.3) is 0 Å². The molecule has 2 fully saturated rings. The zero-order chi connectivity index (χ0) is 10.1. The van der Waals surface area contributed by atoms with Gasteiger partial charge in [0.05, 0.1) is 18.8 Å². The second-order valence-corrected chi connectivity index (χ2v) is 4.02. The Labute approximate surface area is 82.7 Å². The lowest BCUT2D eigenvalue weighted by Gasteiger charge is -2.32. The minimum Gasteiger partial charge on any atom is -0.390 e. The molecule has 3 N–H and O–H groups in total. The topological polar surface area (TPSA) is 72.8 Å². The van der Waals surface area contributed by atoms with Gasteiger partial charge in [0.25, 0.3) is 0 Å². The lowest BCUT2D eigenvalue weighted by atomic mass is 10.2. The molecule has 5 heteroatoms. The zero-order valence-electron chi connectivity index (χ0n) is 8.02. The van der Waals surface area contributed by atoms with Gasteiger partial charge in [0.2, 0.25) is 5.91 Å². The number of nitrogens with zero attached hydrogens (tertiary/aromatic N) is 1. The first-order valence-electron chi connectivity index (χ1n) is 5.05. The Bertz CT molecular complexity index is 224. The predicted molar refractivity (Wildman–Crippen MR) is 49.6 cm³/mol. The summed E-state index contributed by atoms with van der Waals surface area (Å²) in [5.41, 5.74) is 0. The van der Waals surface area contributed by atoms with Gasteiger partial charge in [0, 0.05) is 19.1 Å². The van der Waals surface area contributed by atoms with E-state index in [1.807, 2.05) is 0 Å². The number of piperazine rings is 1. The average molecular weight is 200 g/mol. The van der Waals surface area contributed by atoms with Crippen LogP contribution in [0.4, 0.5) is 0 Å². The van der Waals surface area contributed by atoms with Crippen LogP contribution in [0.3, 0.4) is 0 Å². The van der Waals surface area contributed by atoms with Crippen LogP contribution in [0.5, 0.6) is 0 Å². The van der Waals surface area contributed by atoms with E-state index in [-0.39, 0.29) is 11.9 Å². The van der Waals surface area contributed by atoms with Gasteiger partial charge in [-0.3, -0.25) is 4.79 Å². The highest BCUT2D eigenvalue weighted by Gasteiger charge is 2.37. The number of rotatable bonds is 1. The molecule has 1 saturated heterocycles. The van der Waals surface area contributed by atoms with E-state index in [2.05, 4.69) is 5.32 Å². The zero-order valence-corrected chi connectivity index (χ0v) is 8.02. The number of aliphatic hydroxyl groups excluding tert-OH is 2. The largest absolute Gasteiger partial charge is 0.390 e. The molecule has 2 aliphatic rings. The molecular weight excluding hydrogens is 184 g/mol. The van der Waals surface area contributed by atoms with Crippen molar-refractivity contribution in [1.29, 1.82) is 0 Å². The fraction of sp³-hybridized carbons (Fsp3) is 0.889. The van der Waals surface area contributed by atoms with Crippen molar-refractivity contribution in [2.45, 2.75) is 31.1 Å². The lowest BCUT2D eigenvalue weighted by Crippen LogP contribution is -2.51. The van der Waals surface area contributed by atoms with Gasteiger partial charge in [-0.25, -0.2) is 0 Å². The standard InChI is InChI=1S/C9H16N2O3/c12-7-3-6(4-8(7)13)11-2-1-10-5-9(11)14/h6-8,10,12-13H,1-5H2. The van der Waals surface area contributed by atoms with E-state index in [1.54, 1.807) is 4.90 Å². The van der Waals surface area contributed by atoms with Crippen molar-refractivity contribution in [3.8, 4) is 0 Å². The maximum absolute atomic E-state index is 11.5. The Morgan fingerprint density at radius 1 is 1.29 bits per heavy atom. The Morgan fingerprint density at radius 3 is 2.50 bits per heavy atom. The first-order chi connectivity index (χ1) is 6.68. The molecule has 1 amide bonds. The van der Waals surface area contributed by atoms with Gasteiger partial charge in [-0.2, -0.15) is 0 Å². The maximum Gasteiger partial charge on any atom is 0.236 e. The molecule has 1 aliphatic heterocycles. The van der Waals surface area contributed by atoms with E-state index in [1.165, 1.54) is 0 Å². The third-order valence-corrected chi connectivity index (χ3v) is 3.04. The van der Waals surface area contributed by atoms with Crippen molar-refractivity contribution in [2.75, 3.05) is 19.6 Å². The van der Waals surface area contributed by atoms with E-state index >= 15 is 0 Å². The predicted octanol–water partition coefficient (Wildman–Crippen LogP) is -1.70. The molecule has 1 heterocycles. The summed E-state index contributed by atoms with van der Waals surface area (Å²) in [4.78, 5) is 13.3. The summed E-state index contributed by atoms with van der Waals surface area (Å²) >= 11 is 0. The SMILES string of the molecule is O=C1CNCCN1C1CC(O)C(O)C1. The maximum atomic E-state index is 11.5.